The maximum atomic E-state index is 5.93. The van der Waals surface area contributed by atoms with E-state index < -0.39 is 8.80 Å². The maximum absolute atomic E-state index is 5.93. The van der Waals surface area contributed by atoms with Crippen molar-refractivity contribution >= 4 is 14.5 Å². The van der Waals surface area contributed by atoms with Gasteiger partial charge in [0.1, 0.15) is 6.54 Å². The number of nitrogens with zero attached hydrogens (tertiary/aromatic N) is 2. The third-order valence-corrected chi connectivity index (χ3v) is 8.17. The van der Waals surface area contributed by atoms with Crippen LogP contribution in [0.4, 0.5) is 5.69 Å². The lowest BCUT2D eigenvalue weighted by Crippen LogP contribution is -3.00. The van der Waals surface area contributed by atoms with Crippen LogP contribution in [0.1, 0.15) is 47.0 Å². The van der Waals surface area contributed by atoms with E-state index in [1.807, 2.05) is 20.8 Å². The number of piperidine rings is 1. The molecule has 1 aromatic rings. The van der Waals surface area contributed by atoms with Crippen LogP contribution in [-0.2, 0) is 19.8 Å². The minimum Gasteiger partial charge on any atom is -1.00 e. The highest BCUT2D eigenvalue weighted by Gasteiger charge is 2.40. The fourth-order valence-electron chi connectivity index (χ4n) is 3.56. The van der Waals surface area contributed by atoms with Crippen molar-refractivity contribution in [2.75, 3.05) is 37.8 Å². The van der Waals surface area contributed by atoms with Gasteiger partial charge in [0.15, 0.2) is 12.4 Å². The molecule has 0 radical (unpaired) electrons. The van der Waals surface area contributed by atoms with Crippen LogP contribution in [0, 0.1) is 5.92 Å². The molecule has 0 atom stereocenters. The van der Waals surface area contributed by atoms with Crippen molar-refractivity contribution in [3.05, 3.63) is 24.5 Å². The SMILES string of the molecule is CCO[Si](CCC[n+]1ccc(N2CCC(C)CC2)cc1)(OCC)OCC.[Cl-]. The molecular formula is C20H37ClN2O3Si. The predicted octanol–water partition coefficient (Wildman–Crippen LogP) is 0.653. The molecular weight excluding hydrogens is 380 g/mol. The molecule has 2 rings (SSSR count). The smallest absolute Gasteiger partial charge is 0.501 e. The van der Waals surface area contributed by atoms with Crippen LogP contribution in [-0.4, -0.2) is 41.7 Å². The van der Waals surface area contributed by atoms with E-state index >= 15 is 0 Å². The number of hydrogen-bond donors (Lipinski definition) is 0. The van der Waals surface area contributed by atoms with Crippen LogP contribution < -0.4 is 21.9 Å². The first-order chi connectivity index (χ1) is 12.6. The lowest BCUT2D eigenvalue weighted by Gasteiger charge is -2.31. The molecule has 0 spiro atoms. The summed E-state index contributed by atoms with van der Waals surface area (Å²) in [6.07, 6.45) is 7.98. The lowest BCUT2D eigenvalue weighted by molar-refractivity contribution is -0.696. The van der Waals surface area contributed by atoms with Gasteiger partial charge >= 0.3 is 8.80 Å². The third-order valence-electron chi connectivity index (χ3n) is 5.01. The molecule has 156 valence electrons. The molecule has 0 amide bonds. The largest absolute Gasteiger partial charge is 1.00 e. The molecule has 2 heterocycles. The summed E-state index contributed by atoms with van der Waals surface area (Å²) in [5.41, 5.74) is 1.34. The molecule has 0 unspecified atom stereocenters. The normalized spacial score (nSPS) is 15.6. The molecule has 5 nitrogen and oxygen atoms in total. The Labute approximate surface area is 172 Å². The predicted molar refractivity (Wildman–Crippen MR) is 107 cm³/mol. The summed E-state index contributed by atoms with van der Waals surface area (Å²) < 4.78 is 20.1. The van der Waals surface area contributed by atoms with Gasteiger partial charge in [-0.3, -0.25) is 0 Å². The first-order valence-corrected chi connectivity index (χ1v) is 12.2. The van der Waals surface area contributed by atoms with Crippen LogP contribution in [0.3, 0.4) is 0 Å². The highest BCUT2D eigenvalue weighted by Crippen LogP contribution is 2.22. The summed E-state index contributed by atoms with van der Waals surface area (Å²) in [6, 6.07) is 5.35. The fourth-order valence-corrected chi connectivity index (χ4v) is 6.15. The highest BCUT2D eigenvalue weighted by molar-refractivity contribution is 6.60. The maximum Gasteiger partial charge on any atom is 0.501 e. The van der Waals surface area contributed by atoms with E-state index in [1.165, 1.54) is 31.6 Å². The number of rotatable bonds is 11. The topological polar surface area (TPSA) is 34.8 Å². The van der Waals surface area contributed by atoms with Crippen molar-refractivity contribution in [1.82, 2.24) is 0 Å². The van der Waals surface area contributed by atoms with Crippen LogP contribution in [0.25, 0.3) is 0 Å². The molecule has 0 saturated carbocycles. The summed E-state index contributed by atoms with van der Waals surface area (Å²) in [7, 11) is -2.52. The molecule has 1 fully saturated rings. The van der Waals surface area contributed by atoms with E-state index in [2.05, 4.69) is 40.9 Å². The Balaban J connectivity index is 0.00000364. The molecule has 27 heavy (non-hydrogen) atoms. The molecule has 1 aliphatic rings. The average Bonchev–Trinajstić information content (AvgIpc) is 2.64. The van der Waals surface area contributed by atoms with Crippen molar-refractivity contribution in [3.63, 3.8) is 0 Å². The fraction of sp³-hybridized carbons (Fsp3) is 0.750. The van der Waals surface area contributed by atoms with Gasteiger partial charge in [-0.2, -0.15) is 0 Å². The lowest BCUT2D eigenvalue weighted by atomic mass is 9.99. The second-order valence-electron chi connectivity index (χ2n) is 7.05. The highest BCUT2D eigenvalue weighted by atomic mass is 35.5. The molecule has 1 aliphatic heterocycles. The van der Waals surface area contributed by atoms with Crippen molar-refractivity contribution in [1.29, 1.82) is 0 Å². The monoisotopic (exact) mass is 416 g/mol. The Morgan fingerprint density at radius 2 is 1.52 bits per heavy atom. The van der Waals surface area contributed by atoms with Crippen LogP contribution in [0.2, 0.25) is 6.04 Å². The summed E-state index contributed by atoms with van der Waals surface area (Å²) in [5.74, 6) is 0.866. The van der Waals surface area contributed by atoms with Crippen molar-refractivity contribution in [2.45, 2.75) is 59.5 Å². The van der Waals surface area contributed by atoms with E-state index in [1.54, 1.807) is 0 Å². The average molecular weight is 417 g/mol. The summed E-state index contributed by atoms with van der Waals surface area (Å²) in [5, 5.41) is 0. The van der Waals surface area contributed by atoms with E-state index in [0.717, 1.165) is 24.9 Å². The summed E-state index contributed by atoms with van der Waals surface area (Å²) in [6.45, 7) is 13.6. The van der Waals surface area contributed by atoms with Gasteiger partial charge in [0.25, 0.3) is 0 Å². The molecule has 0 N–H and O–H groups in total. The van der Waals surface area contributed by atoms with Gasteiger partial charge in [-0.05, 0) is 39.5 Å². The Morgan fingerprint density at radius 1 is 1.00 bits per heavy atom. The number of pyridine rings is 1. The van der Waals surface area contributed by atoms with Crippen LogP contribution >= 0.6 is 0 Å². The summed E-state index contributed by atoms with van der Waals surface area (Å²) in [4.78, 5) is 2.50. The zero-order valence-electron chi connectivity index (χ0n) is 17.5. The number of hydrogen-bond acceptors (Lipinski definition) is 4. The number of anilines is 1. The molecule has 7 heteroatoms. The molecule has 0 aliphatic carbocycles. The molecule has 1 aromatic heterocycles. The third kappa shape index (κ3) is 7.70. The Bertz CT molecular complexity index is 493. The van der Waals surface area contributed by atoms with E-state index in [-0.39, 0.29) is 12.4 Å². The second-order valence-corrected chi connectivity index (χ2v) is 9.78. The van der Waals surface area contributed by atoms with Gasteiger partial charge < -0.3 is 30.6 Å². The second kappa shape index (κ2) is 12.7. The standard InChI is InChI=1S/C20H37N2O3Si.ClH/c1-5-23-26(24-6-2,25-7-3)18-8-13-21-14-11-20(12-15-21)22-16-9-19(4)10-17-22;/h11-12,14-15,19H,5-10,13,16-18H2,1-4H3;1H/q+1;/p-1. The number of aryl methyl sites for hydroxylation is 1. The van der Waals surface area contributed by atoms with Crippen molar-refractivity contribution in [3.8, 4) is 0 Å². The van der Waals surface area contributed by atoms with Crippen molar-refractivity contribution < 1.29 is 30.3 Å². The van der Waals surface area contributed by atoms with E-state index in [4.69, 9.17) is 13.3 Å². The number of aromatic nitrogens is 1. The van der Waals surface area contributed by atoms with Gasteiger partial charge in [0.2, 0.25) is 0 Å². The van der Waals surface area contributed by atoms with E-state index in [0.29, 0.717) is 19.8 Å². The Morgan fingerprint density at radius 3 is 2.00 bits per heavy atom. The number of halogens is 1. The van der Waals surface area contributed by atoms with Crippen LogP contribution in [0.15, 0.2) is 24.5 Å². The zero-order valence-corrected chi connectivity index (χ0v) is 19.2. The Kier molecular flexibility index (Phi) is 11.5. The minimum absolute atomic E-state index is 0. The summed E-state index contributed by atoms with van der Waals surface area (Å²) >= 11 is 0. The first-order valence-electron chi connectivity index (χ1n) is 10.3. The molecule has 1 saturated heterocycles. The quantitative estimate of drug-likeness (QED) is 0.392. The first kappa shape index (κ1) is 24.4. The Hall–Kier alpha value is -0.663. The van der Waals surface area contributed by atoms with Gasteiger partial charge in [-0.15, -0.1) is 0 Å². The minimum atomic E-state index is -2.52. The van der Waals surface area contributed by atoms with Gasteiger partial charge in [0.05, 0.1) is 0 Å². The van der Waals surface area contributed by atoms with Crippen LogP contribution in [0.5, 0.6) is 0 Å². The van der Waals surface area contributed by atoms with Gasteiger partial charge in [-0.25, -0.2) is 4.57 Å². The van der Waals surface area contributed by atoms with Gasteiger partial charge in [-0.1, -0.05) is 6.92 Å². The zero-order chi connectivity index (χ0) is 18.8. The molecule has 0 bridgehead atoms. The van der Waals surface area contributed by atoms with Crippen molar-refractivity contribution in [2.24, 2.45) is 5.92 Å². The van der Waals surface area contributed by atoms with E-state index in [9.17, 15) is 0 Å². The molecule has 0 aromatic carbocycles. The van der Waals surface area contributed by atoms with Gasteiger partial charge in [0, 0.05) is 63.2 Å².